The second-order valence-corrected chi connectivity index (χ2v) is 6.80. The Morgan fingerprint density at radius 3 is 2.43 bits per heavy atom. The molecule has 1 aromatic carbocycles. The lowest BCUT2D eigenvalue weighted by Crippen LogP contribution is -2.43. The number of carbonyl (C=O) groups is 1. The Labute approximate surface area is 146 Å². The van der Waals surface area contributed by atoms with E-state index in [4.69, 9.17) is 0 Å². The second kappa shape index (κ2) is 9.29. The average Bonchev–Trinajstić information content (AvgIpc) is 3.07. The fourth-order valence-corrected chi connectivity index (χ4v) is 3.85. The third kappa shape index (κ3) is 5.22. The molecule has 1 amide bonds. The van der Waals surface area contributed by atoms with Crippen molar-refractivity contribution < 1.29 is 4.79 Å². The van der Waals surface area contributed by atoms with Gasteiger partial charge < -0.3 is 10.2 Å². The van der Waals surface area contributed by atoms with E-state index in [-0.39, 0.29) is 12.4 Å². The number of rotatable bonds is 5. The van der Waals surface area contributed by atoms with Crippen LogP contribution < -0.4 is 5.32 Å². The molecule has 1 unspecified atom stereocenters. The molecule has 128 valence electrons. The van der Waals surface area contributed by atoms with E-state index in [1.165, 1.54) is 44.1 Å². The number of carbonyl (C=O) groups excluding carboxylic acids is 1. The lowest BCUT2D eigenvalue weighted by Gasteiger charge is -2.35. The number of amides is 1. The number of hydrogen-bond acceptors (Lipinski definition) is 2. The van der Waals surface area contributed by atoms with Crippen LogP contribution in [0.3, 0.4) is 0 Å². The molecule has 3 rings (SSSR count). The van der Waals surface area contributed by atoms with Crippen molar-refractivity contribution >= 4 is 18.3 Å². The summed E-state index contributed by atoms with van der Waals surface area (Å²) >= 11 is 0. The summed E-state index contributed by atoms with van der Waals surface area (Å²) < 4.78 is 0. The number of nitrogens with one attached hydrogen (secondary N) is 1. The second-order valence-electron chi connectivity index (χ2n) is 6.80. The van der Waals surface area contributed by atoms with Gasteiger partial charge in [-0.1, -0.05) is 49.6 Å². The normalized spacial score (nSPS) is 21.7. The molecule has 2 fully saturated rings. The third-order valence-electron chi connectivity index (χ3n) is 5.11. The van der Waals surface area contributed by atoms with Gasteiger partial charge in [0.1, 0.15) is 0 Å². The van der Waals surface area contributed by atoms with Crippen LogP contribution in [-0.2, 0) is 11.3 Å². The Morgan fingerprint density at radius 1 is 1.04 bits per heavy atom. The minimum Gasteiger partial charge on any atom is -0.335 e. The number of benzene rings is 1. The Balaban J connectivity index is 0.00000192. The van der Waals surface area contributed by atoms with E-state index in [1.807, 2.05) is 6.07 Å². The first-order valence-electron chi connectivity index (χ1n) is 8.90. The molecule has 1 saturated carbocycles. The van der Waals surface area contributed by atoms with Crippen molar-refractivity contribution in [1.29, 1.82) is 0 Å². The Morgan fingerprint density at radius 2 is 1.78 bits per heavy atom. The van der Waals surface area contributed by atoms with Crippen LogP contribution in [0.4, 0.5) is 0 Å². The molecule has 0 bridgehead atoms. The zero-order valence-electron chi connectivity index (χ0n) is 13.9. The molecule has 4 heteroatoms. The van der Waals surface area contributed by atoms with Crippen molar-refractivity contribution in [2.75, 3.05) is 6.54 Å². The highest BCUT2D eigenvalue weighted by atomic mass is 35.5. The molecule has 0 radical (unpaired) electrons. The smallest absolute Gasteiger partial charge is 0.224 e. The van der Waals surface area contributed by atoms with Crippen LogP contribution in [0.2, 0.25) is 0 Å². The Bertz CT molecular complexity index is 468. The van der Waals surface area contributed by atoms with Crippen molar-refractivity contribution in [2.45, 2.75) is 70.0 Å². The van der Waals surface area contributed by atoms with Gasteiger partial charge >= 0.3 is 0 Å². The molecule has 1 aliphatic heterocycles. The van der Waals surface area contributed by atoms with Crippen molar-refractivity contribution in [2.24, 2.45) is 0 Å². The summed E-state index contributed by atoms with van der Waals surface area (Å²) in [6.45, 7) is 1.84. The number of hydrogen-bond donors (Lipinski definition) is 1. The topological polar surface area (TPSA) is 32.3 Å². The average molecular weight is 337 g/mol. The highest BCUT2D eigenvalue weighted by Crippen LogP contribution is 2.25. The van der Waals surface area contributed by atoms with E-state index in [0.717, 1.165) is 19.5 Å². The number of halogens is 1. The van der Waals surface area contributed by atoms with Crippen LogP contribution in [0.25, 0.3) is 0 Å². The van der Waals surface area contributed by atoms with Gasteiger partial charge in [0.25, 0.3) is 0 Å². The first-order chi connectivity index (χ1) is 10.8. The van der Waals surface area contributed by atoms with Gasteiger partial charge in [-0.3, -0.25) is 4.79 Å². The molecule has 1 saturated heterocycles. The van der Waals surface area contributed by atoms with Crippen molar-refractivity contribution in [3.63, 3.8) is 0 Å². The van der Waals surface area contributed by atoms with Crippen molar-refractivity contribution in [3.8, 4) is 0 Å². The molecule has 23 heavy (non-hydrogen) atoms. The van der Waals surface area contributed by atoms with Gasteiger partial charge in [-0.25, -0.2) is 0 Å². The summed E-state index contributed by atoms with van der Waals surface area (Å²) in [5, 5.41) is 3.46. The van der Waals surface area contributed by atoms with E-state index in [9.17, 15) is 4.79 Å². The molecule has 1 aliphatic carbocycles. The van der Waals surface area contributed by atoms with E-state index in [0.29, 0.717) is 24.4 Å². The maximum atomic E-state index is 12.9. The monoisotopic (exact) mass is 336 g/mol. The van der Waals surface area contributed by atoms with E-state index in [2.05, 4.69) is 34.5 Å². The standard InChI is InChI=1S/C19H28N2O.ClH/c22-19(14-17-10-7-13-20-17)21(18-11-5-2-6-12-18)15-16-8-3-1-4-9-16;/h1,3-4,8-9,17-18,20H,2,5-7,10-15H2;1H. The zero-order valence-corrected chi connectivity index (χ0v) is 14.7. The van der Waals surface area contributed by atoms with E-state index < -0.39 is 0 Å². The van der Waals surface area contributed by atoms with Crippen molar-refractivity contribution in [1.82, 2.24) is 10.2 Å². The van der Waals surface area contributed by atoms with Crippen molar-refractivity contribution in [3.05, 3.63) is 35.9 Å². The summed E-state index contributed by atoms with van der Waals surface area (Å²) in [4.78, 5) is 15.1. The predicted molar refractivity (Wildman–Crippen MR) is 96.8 cm³/mol. The molecule has 0 aromatic heterocycles. The summed E-state index contributed by atoms with van der Waals surface area (Å²) in [5.41, 5.74) is 1.25. The van der Waals surface area contributed by atoms with E-state index >= 15 is 0 Å². The highest BCUT2D eigenvalue weighted by Gasteiger charge is 2.28. The van der Waals surface area contributed by atoms with Crippen LogP contribution in [0.5, 0.6) is 0 Å². The summed E-state index contributed by atoms with van der Waals surface area (Å²) in [6, 6.07) is 11.3. The molecule has 1 N–H and O–H groups in total. The largest absolute Gasteiger partial charge is 0.335 e. The first kappa shape index (κ1) is 18.3. The first-order valence-corrected chi connectivity index (χ1v) is 8.90. The van der Waals surface area contributed by atoms with Crippen LogP contribution in [-0.4, -0.2) is 29.4 Å². The Hall–Kier alpha value is -1.06. The van der Waals surface area contributed by atoms with Crippen LogP contribution in [0.1, 0.15) is 56.9 Å². The van der Waals surface area contributed by atoms with Gasteiger partial charge in [-0.05, 0) is 37.8 Å². The fourth-order valence-electron chi connectivity index (χ4n) is 3.85. The maximum Gasteiger partial charge on any atom is 0.224 e. The summed E-state index contributed by atoms with van der Waals surface area (Å²) in [7, 11) is 0. The lowest BCUT2D eigenvalue weighted by atomic mass is 9.93. The third-order valence-corrected chi connectivity index (χ3v) is 5.11. The van der Waals surface area contributed by atoms with Gasteiger partial charge in [-0.2, -0.15) is 0 Å². The molecular formula is C19H29ClN2O. The molecule has 0 spiro atoms. The van der Waals surface area contributed by atoms with Gasteiger partial charge in [0, 0.05) is 25.0 Å². The van der Waals surface area contributed by atoms with Crippen LogP contribution in [0, 0.1) is 0 Å². The van der Waals surface area contributed by atoms with Gasteiger partial charge in [0.2, 0.25) is 5.91 Å². The Kier molecular flexibility index (Phi) is 7.38. The molecular weight excluding hydrogens is 308 g/mol. The van der Waals surface area contributed by atoms with Crippen LogP contribution in [0.15, 0.2) is 30.3 Å². The zero-order chi connectivity index (χ0) is 15.2. The quantitative estimate of drug-likeness (QED) is 0.884. The molecule has 1 aromatic rings. The van der Waals surface area contributed by atoms with E-state index in [1.54, 1.807) is 0 Å². The van der Waals surface area contributed by atoms with Crippen LogP contribution >= 0.6 is 12.4 Å². The molecule has 2 aliphatic rings. The summed E-state index contributed by atoms with van der Waals surface area (Å²) in [6.07, 6.45) is 9.25. The predicted octanol–water partition coefficient (Wildman–Crippen LogP) is 3.91. The number of nitrogens with zero attached hydrogens (tertiary/aromatic N) is 1. The highest BCUT2D eigenvalue weighted by molar-refractivity contribution is 5.85. The maximum absolute atomic E-state index is 12.9. The fraction of sp³-hybridized carbons (Fsp3) is 0.632. The molecule has 1 atom stereocenters. The summed E-state index contributed by atoms with van der Waals surface area (Å²) in [5.74, 6) is 0.343. The van der Waals surface area contributed by atoms with Gasteiger partial charge in [-0.15, -0.1) is 12.4 Å². The minimum absolute atomic E-state index is 0. The minimum atomic E-state index is 0. The SMILES string of the molecule is Cl.O=C(CC1CCCN1)N(Cc1ccccc1)C1CCCCC1. The van der Waals surface area contributed by atoms with Gasteiger partial charge in [0.15, 0.2) is 0 Å². The molecule has 1 heterocycles. The molecule has 3 nitrogen and oxygen atoms in total. The van der Waals surface area contributed by atoms with Gasteiger partial charge in [0.05, 0.1) is 0 Å². The lowest BCUT2D eigenvalue weighted by molar-refractivity contribution is -0.135.